The lowest BCUT2D eigenvalue weighted by molar-refractivity contribution is -0.0444. The Morgan fingerprint density at radius 1 is 1.17 bits per heavy atom. The Morgan fingerprint density at radius 2 is 1.79 bits per heavy atom. The van der Waals surface area contributed by atoms with Gasteiger partial charge in [0, 0.05) is 25.3 Å². The van der Waals surface area contributed by atoms with Crippen molar-refractivity contribution in [1.82, 2.24) is 9.03 Å². The molecule has 0 spiro atoms. The van der Waals surface area contributed by atoms with E-state index < -0.39 is 20.2 Å². The highest BCUT2D eigenvalue weighted by Gasteiger charge is 2.30. The fraction of sp³-hybridized carbons (Fsp3) is 0.571. The Hall–Kier alpha value is -1.20. The summed E-state index contributed by atoms with van der Waals surface area (Å²) in [4.78, 5) is 0. The Labute approximate surface area is 143 Å². The van der Waals surface area contributed by atoms with Gasteiger partial charge in [0.15, 0.2) is 0 Å². The molecule has 2 unspecified atom stereocenters. The highest BCUT2D eigenvalue weighted by molar-refractivity contribution is 7.92. The van der Waals surface area contributed by atoms with Crippen molar-refractivity contribution in [2.45, 2.75) is 32.6 Å². The number of benzene rings is 1. The molecule has 8 nitrogen and oxygen atoms in total. The quantitative estimate of drug-likeness (QED) is 0.751. The van der Waals surface area contributed by atoms with Crippen LogP contribution >= 0.6 is 0 Å². The summed E-state index contributed by atoms with van der Waals surface area (Å²) in [5.74, 6) is 0. The maximum absolute atomic E-state index is 12.4. The van der Waals surface area contributed by atoms with Crippen LogP contribution in [0.1, 0.15) is 19.4 Å². The number of rotatable bonds is 6. The van der Waals surface area contributed by atoms with Gasteiger partial charge in [-0.25, -0.2) is 8.42 Å². The van der Waals surface area contributed by atoms with Crippen molar-refractivity contribution in [1.29, 1.82) is 0 Å². The van der Waals surface area contributed by atoms with Crippen molar-refractivity contribution in [3.8, 4) is 0 Å². The Morgan fingerprint density at radius 3 is 2.38 bits per heavy atom. The minimum absolute atomic E-state index is 0.0712. The van der Waals surface area contributed by atoms with Gasteiger partial charge in [0.1, 0.15) is 0 Å². The van der Waals surface area contributed by atoms with E-state index in [1.54, 1.807) is 24.3 Å². The van der Waals surface area contributed by atoms with Crippen molar-refractivity contribution in [3.63, 3.8) is 0 Å². The lowest BCUT2D eigenvalue weighted by Gasteiger charge is -2.34. The van der Waals surface area contributed by atoms with E-state index in [-0.39, 0.29) is 18.8 Å². The van der Waals surface area contributed by atoms with Gasteiger partial charge in [-0.05, 0) is 31.5 Å². The summed E-state index contributed by atoms with van der Waals surface area (Å²) in [5, 5.41) is 0. The third-order valence-corrected chi connectivity index (χ3v) is 5.51. The second-order valence-electron chi connectivity index (χ2n) is 5.98. The van der Waals surface area contributed by atoms with Crippen molar-refractivity contribution >= 4 is 25.9 Å². The molecular formula is C14H23N3O5S2. The van der Waals surface area contributed by atoms with Gasteiger partial charge in [-0.1, -0.05) is 12.1 Å². The molecule has 0 aromatic heterocycles. The molecule has 2 rings (SSSR count). The molecule has 10 heteroatoms. The van der Waals surface area contributed by atoms with Gasteiger partial charge in [0.25, 0.3) is 10.2 Å². The summed E-state index contributed by atoms with van der Waals surface area (Å²) in [7, 11) is -7.01. The van der Waals surface area contributed by atoms with Crippen LogP contribution in [0.2, 0.25) is 0 Å². The summed E-state index contributed by atoms with van der Waals surface area (Å²) < 4.78 is 59.1. The fourth-order valence-corrected chi connectivity index (χ4v) is 4.45. The molecule has 0 aliphatic carbocycles. The van der Waals surface area contributed by atoms with E-state index in [0.717, 1.165) is 6.26 Å². The van der Waals surface area contributed by atoms with E-state index in [2.05, 4.69) is 9.44 Å². The largest absolute Gasteiger partial charge is 0.373 e. The molecule has 0 amide bonds. The first-order valence-corrected chi connectivity index (χ1v) is 10.9. The number of hydrogen-bond acceptors (Lipinski definition) is 5. The molecule has 2 N–H and O–H groups in total. The number of sulfonamides is 1. The first-order chi connectivity index (χ1) is 11.0. The molecule has 2 atom stereocenters. The normalized spacial score (nSPS) is 23.1. The predicted molar refractivity (Wildman–Crippen MR) is 92.3 cm³/mol. The van der Waals surface area contributed by atoms with Crippen molar-refractivity contribution in [2.75, 3.05) is 24.1 Å². The summed E-state index contributed by atoms with van der Waals surface area (Å²) in [6.45, 7) is 4.34. The highest BCUT2D eigenvalue weighted by Crippen LogP contribution is 2.15. The SMILES string of the molecule is CC1CN(S(=O)(=O)NCc2cccc(NS(C)(=O)=O)c2)CC(C)O1. The molecule has 0 radical (unpaired) electrons. The van der Waals surface area contributed by atoms with Gasteiger partial charge in [-0.15, -0.1) is 0 Å². The molecule has 0 saturated carbocycles. The smallest absolute Gasteiger partial charge is 0.279 e. The molecule has 1 fully saturated rings. The minimum Gasteiger partial charge on any atom is -0.373 e. The molecule has 1 heterocycles. The minimum atomic E-state index is -3.63. The molecule has 1 aliphatic rings. The van der Waals surface area contributed by atoms with E-state index in [4.69, 9.17) is 4.74 Å². The highest BCUT2D eigenvalue weighted by atomic mass is 32.2. The van der Waals surface area contributed by atoms with E-state index in [1.807, 2.05) is 13.8 Å². The molecule has 1 saturated heterocycles. The van der Waals surface area contributed by atoms with Crippen LogP contribution in [0.5, 0.6) is 0 Å². The maximum Gasteiger partial charge on any atom is 0.279 e. The Kier molecular flexibility index (Phi) is 5.87. The van der Waals surface area contributed by atoms with E-state index in [9.17, 15) is 16.8 Å². The summed E-state index contributed by atoms with van der Waals surface area (Å²) in [6, 6.07) is 6.58. The van der Waals surface area contributed by atoms with E-state index >= 15 is 0 Å². The molecule has 0 bridgehead atoms. The molecule has 136 valence electrons. The summed E-state index contributed by atoms with van der Waals surface area (Å²) in [5.41, 5.74) is 1.05. The molecule has 1 aromatic rings. The Bertz CT molecular complexity index is 769. The van der Waals surface area contributed by atoms with Crippen molar-refractivity contribution < 1.29 is 21.6 Å². The van der Waals surface area contributed by atoms with Gasteiger partial charge in [0.05, 0.1) is 18.5 Å². The van der Waals surface area contributed by atoms with Crippen molar-refractivity contribution in [3.05, 3.63) is 29.8 Å². The number of anilines is 1. The summed E-state index contributed by atoms with van der Waals surface area (Å²) >= 11 is 0. The van der Waals surface area contributed by atoms with Crippen LogP contribution in [-0.2, 0) is 31.5 Å². The van der Waals surface area contributed by atoms with Crippen LogP contribution in [0.15, 0.2) is 24.3 Å². The van der Waals surface area contributed by atoms with Crippen LogP contribution < -0.4 is 9.44 Å². The van der Waals surface area contributed by atoms with Crippen LogP contribution in [0, 0.1) is 0 Å². The predicted octanol–water partition coefficient (Wildman–Crippen LogP) is 0.502. The number of nitrogens with one attached hydrogen (secondary N) is 2. The number of nitrogens with zero attached hydrogens (tertiary/aromatic N) is 1. The average molecular weight is 377 g/mol. The van der Waals surface area contributed by atoms with Gasteiger partial charge < -0.3 is 4.74 Å². The third kappa shape index (κ3) is 5.71. The zero-order chi connectivity index (χ0) is 18.0. The molecule has 24 heavy (non-hydrogen) atoms. The van der Waals surface area contributed by atoms with E-state index in [1.165, 1.54) is 4.31 Å². The second kappa shape index (κ2) is 7.36. The molecule has 1 aliphatic heterocycles. The molecular weight excluding hydrogens is 354 g/mol. The zero-order valence-electron chi connectivity index (χ0n) is 13.9. The average Bonchev–Trinajstić information content (AvgIpc) is 2.43. The second-order valence-corrected chi connectivity index (χ2v) is 9.48. The monoisotopic (exact) mass is 377 g/mol. The topological polar surface area (TPSA) is 105 Å². The first-order valence-electron chi connectivity index (χ1n) is 7.52. The van der Waals surface area contributed by atoms with E-state index in [0.29, 0.717) is 24.3 Å². The van der Waals surface area contributed by atoms with Crippen LogP contribution in [0.25, 0.3) is 0 Å². The standard InChI is InChI=1S/C14H23N3O5S2/c1-11-9-17(10-12(2)22-11)24(20,21)15-8-13-5-4-6-14(7-13)16-23(3,18)19/h4-7,11-12,15-16H,8-10H2,1-3H3. The number of ether oxygens (including phenoxy) is 1. The number of morpholine rings is 1. The maximum atomic E-state index is 12.4. The van der Waals surface area contributed by atoms with Gasteiger partial charge in [-0.2, -0.15) is 17.4 Å². The lowest BCUT2D eigenvalue weighted by Crippen LogP contribution is -2.51. The van der Waals surface area contributed by atoms with Crippen LogP contribution in [0.4, 0.5) is 5.69 Å². The van der Waals surface area contributed by atoms with Gasteiger partial charge >= 0.3 is 0 Å². The van der Waals surface area contributed by atoms with Crippen LogP contribution in [-0.4, -0.2) is 52.7 Å². The lowest BCUT2D eigenvalue weighted by atomic mass is 10.2. The van der Waals surface area contributed by atoms with Gasteiger partial charge in [-0.3, -0.25) is 4.72 Å². The fourth-order valence-electron chi connectivity index (χ4n) is 2.55. The Balaban J connectivity index is 2.03. The zero-order valence-corrected chi connectivity index (χ0v) is 15.5. The molecule has 1 aromatic carbocycles. The first kappa shape index (κ1) is 19.1. The third-order valence-electron chi connectivity index (χ3n) is 3.41. The number of hydrogen-bond donors (Lipinski definition) is 2. The summed E-state index contributed by atoms with van der Waals surface area (Å²) in [6.07, 6.45) is 0.739. The van der Waals surface area contributed by atoms with Crippen molar-refractivity contribution in [2.24, 2.45) is 0 Å². The van der Waals surface area contributed by atoms with Gasteiger partial charge in [0.2, 0.25) is 10.0 Å². The van der Waals surface area contributed by atoms with Crippen LogP contribution in [0.3, 0.4) is 0 Å².